The van der Waals surface area contributed by atoms with Crippen LogP contribution < -0.4 is 5.32 Å². The Morgan fingerprint density at radius 2 is 2.13 bits per heavy atom. The molecular weight excluding hydrogens is 186 g/mol. The quantitative estimate of drug-likeness (QED) is 0.787. The molecule has 1 aromatic carbocycles. The van der Waals surface area contributed by atoms with Crippen LogP contribution in [0.5, 0.6) is 0 Å². The van der Waals surface area contributed by atoms with Gasteiger partial charge < -0.3 is 10.4 Å². The summed E-state index contributed by atoms with van der Waals surface area (Å²) in [6, 6.07) is 10.4. The Hall–Kier alpha value is -0.860. The van der Waals surface area contributed by atoms with Crippen molar-refractivity contribution in [3.63, 3.8) is 0 Å². The number of hydrogen-bond donors (Lipinski definition) is 2. The van der Waals surface area contributed by atoms with Gasteiger partial charge in [0.05, 0.1) is 5.60 Å². The molecular formula is C13H19NO. The Morgan fingerprint density at radius 1 is 1.40 bits per heavy atom. The molecule has 2 heteroatoms. The molecule has 0 saturated carbocycles. The summed E-state index contributed by atoms with van der Waals surface area (Å²) >= 11 is 0. The van der Waals surface area contributed by atoms with E-state index in [9.17, 15) is 5.11 Å². The Morgan fingerprint density at radius 3 is 2.73 bits per heavy atom. The molecule has 0 spiro atoms. The Bertz CT molecular complexity index is 302. The minimum absolute atomic E-state index is 0.248. The van der Waals surface area contributed by atoms with Crippen LogP contribution in [0.2, 0.25) is 0 Å². The van der Waals surface area contributed by atoms with Gasteiger partial charge in [0.15, 0.2) is 0 Å². The minimum atomic E-state index is -0.627. The van der Waals surface area contributed by atoms with Crippen LogP contribution in [-0.4, -0.2) is 23.3 Å². The third-order valence-electron chi connectivity index (χ3n) is 3.22. The van der Waals surface area contributed by atoms with Gasteiger partial charge in [-0.2, -0.15) is 0 Å². The third kappa shape index (κ3) is 2.58. The lowest BCUT2D eigenvalue weighted by molar-refractivity contribution is 0.0262. The first-order valence-electron chi connectivity index (χ1n) is 5.68. The lowest BCUT2D eigenvalue weighted by atomic mass is 9.88. The molecule has 0 amide bonds. The van der Waals surface area contributed by atoms with Crippen molar-refractivity contribution in [2.75, 3.05) is 6.54 Å². The van der Waals surface area contributed by atoms with Gasteiger partial charge in [-0.3, -0.25) is 0 Å². The van der Waals surface area contributed by atoms with Crippen molar-refractivity contribution in [2.45, 2.75) is 37.8 Å². The van der Waals surface area contributed by atoms with Crippen LogP contribution in [0.15, 0.2) is 30.3 Å². The summed E-state index contributed by atoms with van der Waals surface area (Å²) in [4.78, 5) is 0. The first-order chi connectivity index (χ1) is 7.18. The van der Waals surface area contributed by atoms with Crippen molar-refractivity contribution in [2.24, 2.45) is 0 Å². The van der Waals surface area contributed by atoms with Gasteiger partial charge in [-0.15, -0.1) is 0 Å². The minimum Gasteiger partial charge on any atom is -0.388 e. The molecule has 0 unspecified atom stereocenters. The Balaban J connectivity index is 2.03. The van der Waals surface area contributed by atoms with E-state index in [0.717, 1.165) is 19.4 Å². The Kier molecular flexibility index (Phi) is 3.08. The molecule has 0 aliphatic carbocycles. The molecule has 15 heavy (non-hydrogen) atoms. The van der Waals surface area contributed by atoms with Crippen LogP contribution in [0.3, 0.4) is 0 Å². The van der Waals surface area contributed by atoms with Gasteiger partial charge in [0.1, 0.15) is 0 Å². The van der Waals surface area contributed by atoms with Crippen molar-refractivity contribution in [1.29, 1.82) is 0 Å². The second kappa shape index (κ2) is 4.33. The highest BCUT2D eigenvalue weighted by Gasteiger charge is 2.33. The molecule has 2 N–H and O–H groups in total. The van der Waals surface area contributed by atoms with Gasteiger partial charge in [-0.1, -0.05) is 30.3 Å². The Labute approximate surface area is 91.3 Å². The fourth-order valence-corrected chi connectivity index (χ4v) is 2.35. The standard InChI is InChI=1S/C13H19NO/c1-13(15,12-8-5-9-14-12)10-11-6-3-2-4-7-11/h2-4,6-7,12,14-15H,5,8-10H2,1H3/t12-,13+/m1/s1. The largest absolute Gasteiger partial charge is 0.388 e. The van der Waals surface area contributed by atoms with Crippen molar-refractivity contribution in [3.05, 3.63) is 35.9 Å². The van der Waals surface area contributed by atoms with Gasteiger partial charge in [0.2, 0.25) is 0 Å². The van der Waals surface area contributed by atoms with Gasteiger partial charge in [0.25, 0.3) is 0 Å². The van der Waals surface area contributed by atoms with E-state index in [1.54, 1.807) is 0 Å². The maximum atomic E-state index is 10.4. The summed E-state index contributed by atoms with van der Waals surface area (Å²) in [5, 5.41) is 13.8. The molecule has 1 fully saturated rings. The van der Waals surface area contributed by atoms with E-state index in [1.165, 1.54) is 12.0 Å². The number of hydrogen-bond acceptors (Lipinski definition) is 2. The molecule has 2 rings (SSSR count). The van der Waals surface area contributed by atoms with Crippen LogP contribution in [0.4, 0.5) is 0 Å². The first-order valence-corrected chi connectivity index (χ1v) is 5.68. The van der Waals surface area contributed by atoms with Crippen molar-refractivity contribution < 1.29 is 5.11 Å². The van der Waals surface area contributed by atoms with Gasteiger partial charge in [0, 0.05) is 12.5 Å². The van der Waals surface area contributed by atoms with E-state index >= 15 is 0 Å². The maximum Gasteiger partial charge on any atom is 0.0812 e. The monoisotopic (exact) mass is 205 g/mol. The molecule has 0 aromatic heterocycles. The highest BCUT2D eigenvalue weighted by Crippen LogP contribution is 2.23. The van der Waals surface area contributed by atoms with E-state index in [2.05, 4.69) is 17.4 Å². The summed E-state index contributed by atoms with van der Waals surface area (Å²) in [5.41, 5.74) is 0.578. The molecule has 1 aliphatic rings. The normalized spacial score (nSPS) is 25.1. The zero-order chi connectivity index (χ0) is 10.7. The fourth-order valence-electron chi connectivity index (χ4n) is 2.35. The smallest absolute Gasteiger partial charge is 0.0812 e. The van der Waals surface area contributed by atoms with E-state index in [-0.39, 0.29) is 6.04 Å². The van der Waals surface area contributed by atoms with Gasteiger partial charge >= 0.3 is 0 Å². The molecule has 82 valence electrons. The molecule has 0 bridgehead atoms. The van der Waals surface area contributed by atoms with Crippen molar-refractivity contribution >= 4 is 0 Å². The summed E-state index contributed by atoms with van der Waals surface area (Å²) in [5.74, 6) is 0. The topological polar surface area (TPSA) is 32.3 Å². The second-order valence-corrected chi connectivity index (χ2v) is 4.67. The van der Waals surface area contributed by atoms with Crippen LogP contribution in [0.1, 0.15) is 25.3 Å². The molecule has 1 aromatic rings. The zero-order valence-electron chi connectivity index (χ0n) is 9.24. The molecule has 1 aliphatic heterocycles. The lowest BCUT2D eigenvalue weighted by Crippen LogP contribution is -2.46. The summed E-state index contributed by atoms with van der Waals surface area (Å²) < 4.78 is 0. The predicted octanol–water partition coefficient (Wildman–Crippen LogP) is 1.73. The number of rotatable bonds is 3. The van der Waals surface area contributed by atoms with Crippen molar-refractivity contribution in [1.82, 2.24) is 5.32 Å². The van der Waals surface area contributed by atoms with Crippen molar-refractivity contribution in [3.8, 4) is 0 Å². The average molecular weight is 205 g/mol. The van der Waals surface area contributed by atoms with E-state index in [4.69, 9.17) is 0 Å². The first kappa shape index (κ1) is 10.7. The summed E-state index contributed by atoms with van der Waals surface area (Å²) in [7, 11) is 0. The molecule has 0 radical (unpaired) electrons. The van der Waals surface area contributed by atoms with E-state index in [1.807, 2.05) is 25.1 Å². The van der Waals surface area contributed by atoms with Crippen LogP contribution in [0, 0.1) is 0 Å². The number of aliphatic hydroxyl groups is 1. The summed E-state index contributed by atoms with van der Waals surface area (Å²) in [6.07, 6.45) is 2.99. The number of benzene rings is 1. The molecule has 1 saturated heterocycles. The zero-order valence-corrected chi connectivity index (χ0v) is 9.24. The summed E-state index contributed by atoms with van der Waals surface area (Å²) in [6.45, 7) is 2.97. The average Bonchev–Trinajstić information content (AvgIpc) is 2.71. The van der Waals surface area contributed by atoms with Gasteiger partial charge in [-0.05, 0) is 31.9 Å². The molecule has 1 heterocycles. The molecule has 2 nitrogen and oxygen atoms in total. The molecule has 2 atom stereocenters. The number of nitrogens with one attached hydrogen (secondary N) is 1. The highest BCUT2D eigenvalue weighted by atomic mass is 16.3. The third-order valence-corrected chi connectivity index (χ3v) is 3.22. The lowest BCUT2D eigenvalue weighted by Gasteiger charge is -2.30. The van der Waals surface area contributed by atoms with Crippen LogP contribution in [0.25, 0.3) is 0 Å². The maximum absolute atomic E-state index is 10.4. The van der Waals surface area contributed by atoms with Gasteiger partial charge in [-0.25, -0.2) is 0 Å². The predicted molar refractivity (Wildman–Crippen MR) is 61.8 cm³/mol. The fraction of sp³-hybridized carbons (Fsp3) is 0.538. The van der Waals surface area contributed by atoms with E-state index in [0.29, 0.717) is 0 Å². The van der Waals surface area contributed by atoms with Crippen LogP contribution >= 0.6 is 0 Å². The SMILES string of the molecule is C[C@](O)(Cc1ccccc1)[C@H]1CCCN1. The highest BCUT2D eigenvalue weighted by molar-refractivity contribution is 5.17. The van der Waals surface area contributed by atoms with Crippen LogP contribution in [-0.2, 0) is 6.42 Å². The second-order valence-electron chi connectivity index (χ2n) is 4.67. The van der Waals surface area contributed by atoms with E-state index < -0.39 is 5.60 Å².